The number of guanidine groups is 1. The number of rotatable bonds is 8. The topological polar surface area (TPSA) is 66.0 Å². The quantitative estimate of drug-likeness (QED) is 0.262. The van der Waals surface area contributed by atoms with Crippen LogP contribution in [0.25, 0.3) is 0 Å². The highest BCUT2D eigenvalue weighted by Crippen LogP contribution is 2.10. The van der Waals surface area contributed by atoms with Crippen molar-refractivity contribution in [1.82, 2.24) is 15.5 Å². The second-order valence-electron chi connectivity index (χ2n) is 6.48. The molecule has 0 aromatic heterocycles. The summed E-state index contributed by atoms with van der Waals surface area (Å²) < 4.78 is 5.63. The predicted molar refractivity (Wildman–Crippen MR) is 116 cm³/mol. The van der Waals surface area contributed by atoms with Gasteiger partial charge >= 0.3 is 0 Å². The van der Waals surface area contributed by atoms with E-state index in [1.54, 1.807) is 19.0 Å². The Hall–Kier alpha value is -1.35. The number of carbonyl (C=O) groups excluding carboxylic acids is 1. The number of benzene rings is 1. The van der Waals surface area contributed by atoms with Crippen LogP contribution in [0.3, 0.4) is 0 Å². The fourth-order valence-corrected chi connectivity index (χ4v) is 2.62. The van der Waals surface area contributed by atoms with Gasteiger partial charge in [-0.15, -0.1) is 24.0 Å². The highest BCUT2D eigenvalue weighted by atomic mass is 127. The number of aliphatic imine (C=N–C) groups is 1. The number of nitrogens with one attached hydrogen (secondary N) is 2. The molecule has 0 saturated carbocycles. The van der Waals surface area contributed by atoms with Crippen LogP contribution in [0.2, 0.25) is 0 Å². The average Bonchev–Trinajstić information content (AvgIpc) is 3.14. The van der Waals surface area contributed by atoms with Gasteiger partial charge in [0.05, 0.1) is 6.10 Å². The Bertz CT molecular complexity index is 546. The van der Waals surface area contributed by atoms with Crippen molar-refractivity contribution >= 4 is 35.8 Å². The molecule has 0 spiro atoms. The number of halogens is 1. The molecule has 1 atom stereocenters. The summed E-state index contributed by atoms with van der Waals surface area (Å²) in [5, 5.41) is 6.62. The SMILES string of the molecule is CN(C)C(=O)CN=C(NCCCc1ccccc1)NCC1CCCO1.I. The van der Waals surface area contributed by atoms with Gasteiger partial charge in [0.15, 0.2) is 5.96 Å². The maximum absolute atomic E-state index is 11.8. The van der Waals surface area contributed by atoms with Crippen LogP contribution in [0, 0.1) is 0 Å². The van der Waals surface area contributed by atoms with E-state index in [0.29, 0.717) is 5.96 Å². The number of ether oxygens (including phenoxy) is 1. The number of hydrogen-bond acceptors (Lipinski definition) is 3. The Labute approximate surface area is 173 Å². The molecule has 0 aliphatic carbocycles. The Morgan fingerprint density at radius 2 is 2.04 bits per heavy atom. The molecule has 1 heterocycles. The molecule has 2 N–H and O–H groups in total. The molecule has 1 aromatic carbocycles. The number of hydrogen-bond donors (Lipinski definition) is 2. The predicted octanol–water partition coefficient (Wildman–Crippen LogP) is 2.04. The maximum atomic E-state index is 11.8. The van der Waals surface area contributed by atoms with Gasteiger partial charge in [0.1, 0.15) is 6.54 Å². The second-order valence-corrected chi connectivity index (χ2v) is 6.48. The summed E-state index contributed by atoms with van der Waals surface area (Å²) in [5.41, 5.74) is 1.33. The fourth-order valence-electron chi connectivity index (χ4n) is 2.62. The lowest BCUT2D eigenvalue weighted by Gasteiger charge is -2.16. The molecule has 0 bridgehead atoms. The molecule has 1 unspecified atom stereocenters. The molecule has 0 radical (unpaired) electrons. The average molecular weight is 474 g/mol. The number of nitrogens with zero attached hydrogens (tertiary/aromatic N) is 2. The van der Waals surface area contributed by atoms with E-state index in [9.17, 15) is 4.79 Å². The minimum atomic E-state index is -0.0116. The van der Waals surface area contributed by atoms with Gasteiger partial charge in [-0.25, -0.2) is 4.99 Å². The van der Waals surface area contributed by atoms with Crippen molar-refractivity contribution in [2.75, 3.05) is 40.3 Å². The van der Waals surface area contributed by atoms with Gasteiger partial charge in [-0.2, -0.15) is 0 Å². The molecule has 1 aromatic rings. The molecule has 6 nitrogen and oxygen atoms in total. The summed E-state index contributed by atoms with van der Waals surface area (Å²) >= 11 is 0. The minimum Gasteiger partial charge on any atom is -0.376 e. The number of amides is 1. The summed E-state index contributed by atoms with van der Waals surface area (Å²) in [6, 6.07) is 10.4. The third kappa shape index (κ3) is 8.84. The highest BCUT2D eigenvalue weighted by Gasteiger charge is 2.15. The number of aryl methyl sites for hydroxylation is 1. The normalized spacial score (nSPS) is 16.7. The minimum absolute atomic E-state index is 0. The van der Waals surface area contributed by atoms with E-state index in [-0.39, 0.29) is 42.5 Å². The number of carbonyl (C=O) groups is 1. The van der Waals surface area contributed by atoms with E-state index in [1.165, 1.54) is 5.56 Å². The van der Waals surface area contributed by atoms with Crippen molar-refractivity contribution in [3.63, 3.8) is 0 Å². The van der Waals surface area contributed by atoms with Crippen LogP contribution in [0.1, 0.15) is 24.8 Å². The zero-order chi connectivity index (χ0) is 17.9. The van der Waals surface area contributed by atoms with E-state index in [1.807, 2.05) is 6.07 Å². The lowest BCUT2D eigenvalue weighted by atomic mass is 10.1. The molecule has 7 heteroatoms. The fraction of sp³-hybridized carbons (Fsp3) is 0.579. The first-order valence-corrected chi connectivity index (χ1v) is 9.03. The Morgan fingerprint density at radius 1 is 1.27 bits per heavy atom. The van der Waals surface area contributed by atoms with Crippen LogP contribution in [-0.2, 0) is 16.0 Å². The first kappa shape index (κ1) is 22.7. The first-order chi connectivity index (χ1) is 12.1. The third-order valence-electron chi connectivity index (χ3n) is 4.17. The molecule has 26 heavy (non-hydrogen) atoms. The first-order valence-electron chi connectivity index (χ1n) is 9.03. The maximum Gasteiger partial charge on any atom is 0.243 e. The van der Waals surface area contributed by atoms with Gasteiger partial charge in [0.2, 0.25) is 5.91 Å². The van der Waals surface area contributed by atoms with Crippen LogP contribution in [0.5, 0.6) is 0 Å². The van der Waals surface area contributed by atoms with Crippen LogP contribution < -0.4 is 10.6 Å². The second kappa shape index (κ2) is 12.9. The van der Waals surface area contributed by atoms with Crippen LogP contribution in [0.4, 0.5) is 0 Å². The summed E-state index contributed by atoms with van der Waals surface area (Å²) in [5.74, 6) is 0.668. The molecule has 2 rings (SSSR count). The van der Waals surface area contributed by atoms with E-state index in [2.05, 4.69) is 39.9 Å². The van der Waals surface area contributed by atoms with E-state index in [0.717, 1.165) is 45.4 Å². The van der Waals surface area contributed by atoms with Crippen LogP contribution in [-0.4, -0.2) is 63.2 Å². The van der Waals surface area contributed by atoms with Gasteiger partial charge in [0.25, 0.3) is 0 Å². The van der Waals surface area contributed by atoms with Crippen molar-refractivity contribution in [3.8, 4) is 0 Å². The van der Waals surface area contributed by atoms with E-state index < -0.39 is 0 Å². The van der Waals surface area contributed by atoms with Gasteiger partial charge in [-0.05, 0) is 31.2 Å². The lowest BCUT2D eigenvalue weighted by Crippen LogP contribution is -2.42. The van der Waals surface area contributed by atoms with Gasteiger partial charge in [-0.3, -0.25) is 4.79 Å². The van der Waals surface area contributed by atoms with Crippen LogP contribution in [0.15, 0.2) is 35.3 Å². The summed E-state index contributed by atoms with van der Waals surface area (Å²) in [6.45, 7) is 2.51. The largest absolute Gasteiger partial charge is 0.376 e. The van der Waals surface area contributed by atoms with Gasteiger partial charge in [-0.1, -0.05) is 30.3 Å². The summed E-state index contributed by atoms with van der Waals surface area (Å²) in [4.78, 5) is 17.7. The van der Waals surface area contributed by atoms with E-state index >= 15 is 0 Å². The van der Waals surface area contributed by atoms with E-state index in [4.69, 9.17) is 4.74 Å². The molecular formula is C19H31IN4O2. The van der Waals surface area contributed by atoms with Crippen molar-refractivity contribution in [3.05, 3.63) is 35.9 Å². The smallest absolute Gasteiger partial charge is 0.243 e. The molecule has 146 valence electrons. The summed E-state index contributed by atoms with van der Waals surface area (Å²) in [6.07, 6.45) is 4.45. The Kier molecular flexibility index (Phi) is 11.3. The Morgan fingerprint density at radius 3 is 2.69 bits per heavy atom. The van der Waals surface area contributed by atoms with Crippen molar-refractivity contribution in [2.24, 2.45) is 4.99 Å². The number of likely N-dealkylation sites (N-methyl/N-ethyl adjacent to an activating group) is 1. The third-order valence-corrected chi connectivity index (χ3v) is 4.17. The molecule has 1 aliphatic heterocycles. The summed E-state index contributed by atoms with van der Waals surface area (Å²) in [7, 11) is 3.48. The van der Waals surface area contributed by atoms with Crippen molar-refractivity contribution in [2.45, 2.75) is 31.8 Å². The molecule has 1 saturated heterocycles. The van der Waals surface area contributed by atoms with Crippen molar-refractivity contribution < 1.29 is 9.53 Å². The Balaban J connectivity index is 0.00000338. The van der Waals surface area contributed by atoms with Gasteiger partial charge in [0, 0.05) is 33.8 Å². The molecule has 1 aliphatic rings. The molecule has 1 amide bonds. The highest BCUT2D eigenvalue weighted by molar-refractivity contribution is 14.0. The van der Waals surface area contributed by atoms with Crippen molar-refractivity contribution in [1.29, 1.82) is 0 Å². The lowest BCUT2D eigenvalue weighted by molar-refractivity contribution is -0.127. The standard InChI is InChI=1S/C19H30N4O2.HI/c1-23(2)18(24)15-22-19(21-14-17-11-7-13-25-17)20-12-6-10-16-8-4-3-5-9-16;/h3-5,8-9,17H,6-7,10-15H2,1-2H3,(H2,20,21,22);1H. The zero-order valence-electron chi connectivity index (χ0n) is 15.7. The zero-order valence-corrected chi connectivity index (χ0v) is 18.1. The monoisotopic (exact) mass is 474 g/mol. The van der Waals surface area contributed by atoms with Gasteiger partial charge < -0.3 is 20.3 Å². The molecule has 1 fully saturated rings. The van der Waals surface area contributed by atoms with Crippen LogP contribution >= 0.6 is 24.0 Å². The molecular weight excluding hydrogens is 443 g/mol.